The minimum absolute atomic E-state index is 0.430. The molecule has 0 radical (unpaired) electrons. The van der Waals surface area contributed by atoms with Crippen LogP contribution in [-0.2, 0) is 0 Å². The molecule has 13 heavy (non-hydrogen) atoms. The number of hydrogen-bond donors (Lipinski definition) is 2. The van der Waals surface area contributed by atoms with Crippen LogP contribution in [0.15, 0.2) is 18.2 Å². The molecule has 0 amide bonds. The molecule has 0 saturated heterocycles. The topological polar surface area (TPSA) is 32.3 Å². The molecule has 1 aliphatic heterocycles. The summed E-state index contributed by atoms with van der Waals surface area (Å²) >= 11 is 0. The first-order valence-electron chi connectivity index (χ1n) is 4.85. The number of benzene rings is 1. The van der Waals surface area contributed by atoms with Crippen molar-refractivity contribution in [3.05, 3.63) is 23.8 Å². The minimum Gasteiger partial charge on any atom is -0.508 e. The lowest BCUT2D eigenvalue weighted by Crippen LogP contribution is -1.99. The highest BCUT2D eigenvalue weighted by Crippen LogP contribution is 2.36. The Kier molecular flexibility index (Phi) is 2.13. The van der Waals surface area contributed by atoms with Crippen LogP contribution in [-0.4, -0.2) is 11.7 Å². The Labute approximate surface area is 78.6 Å². The summed E-state index contributed by atoms with van der Waals surface area (Å²) in [6.07, 6.45) is 2.33. The van der Waals surface area contributed by atoms with E-state index in [1.165, 1.54) is 6.42 Å². The van der Waals surface area contributed by atoms with Crippen molar-refractivity contribution in [3.63, 3.8) is 0 Å². The van der Waals surface area contributed by atoms with Crippen LogP contribution in [0.5, 0.6) is 5.75 Å². The smallest absolute Gasteiger partial charge is 0.121 e. The number of nitrogens with one attached hydrogen (secondary N) is 1. The maximum atomic E-state index is 9.71. The fourth-order valence-corrected chi connectivity index (χ4v) is 2.00. The molecule has 2 heteroatoms. The third-order valence-electron chi connectivity index (χ3n) is 2.71. The number of phenols is 1. The molecule has 2 rings (SSSR count). The second-order valence-electron chi connectivity index (χ2n) is 3.71. The van der Waals surface area contributed by atoms with Gasteiger partial charge < -0.3 is 10.4 Å². The van der Waals surface area contributed by atoms with E-state index in [4.69, 9.17) is 0 Å². The zero-order valence-corrected chi connectivity index (χ0v) is 7.88. The van der Waals surface area contributed by atoms with E-state index in [9.17, 15) is 5.11 Å². The van der Waals surface area contributed by atoms with Crippen molar-refractivity contribution in [3.8, 4) is 5.75 Å². The van der Waals surface area contributed by atoms with Crippen LogP contribution in [0.2, 0.25) is 0 Å². The first-order chi connectivity index (χ1) is 6.29. The van der Waals surface area contributed by atoms with E-state index in [1.807, 2.05) is 12.1 Å². The summed E-state index contributed by atoms with van der Waals surface area (Å²) in [6, 6.07) is 5.69. The van der Waals surface area contributed by atoms with E-state index >= 15 is 0 Å². The van der Waals surface area contributed by atoms with Crippen LogP contribution in [0.25, 0.3) is 0 Å². The highest BCUT2D eigenvalue weighted by atomic mass is 16.3. The van der Waals surface area contributed by atoms with Crippen LogP contribution in [0, 0.1) is 0 Å². The summed E-state index contributed by atoms with van der Waals surface area (Å²) in [7, 11) is 0. The number of rotatable bonds is 0. The minimum atomic E-state index is 0.430. The predicted octanol–water partition coefficient (Wildman–Crippen LogP) is 2.70. The Morgan fingerprint density at radius 1 is 1.46 bits per heavy atom. The van der Waals surface area contributed by atoms with Gasteiger partial charge in [0.15, 0.2) is 0 Å². The van der Waals surface area contributed by atoms with E-state index in [-0.39, 0.29) is 0 Å². The molecule has 1 aromatic rings. The maximum Gasteiger partial charge on any atom is 0.121 e. The van der Waals surface area contributed by atoms with Gasteiger partial charge in [-0.05, 0) is 30.9 Å². The van der Waals surface area contributed by atoms with Crippen molar-refractivity contribution in [2.24, 2.45) is 0 Å². The molecule has 70 valence electrons. The van der Waals surface area contributed by atoms with Gasteiger partial charge in [0.05, 0.1) is 0 Å². The van der Waals surface area contributed by atoms with Crippen molar-refractivity contribution in [1.29, 1.82) is 0 Å². The Morgan fingerprint density at radius 3 is 3.15 bits per heavy atom. The van der Waals surface area contributed by atoms with Gasteiger partial charge in [-0.1, -0.05) is 13.0 Å². The van der Waals surface area contributed by atoms with Crippen LogP contribution in [0.3, 0.4) is 0 Å². The predicted molar refractivity (Wildman–Crippen MR) is 54.2 cm³/mol. The van der Waals surface area contributed by atoms with Crippen molar-refractivity contribution >= 4 is 5.69 Å². The first-order valence-corrected chi connectivity index (χ1v) is 4.85. The Bertz CT molecular complexity index is 309. The second-order valence-corrected chi connectivity index (χ2v) is 3.71. The number of phenolic OH excluding ortho intramolecular Hbond substituents is 1. The summed E-state index contributed by atoms with van der Waals surface area (Å²) in [5.41, 5.74) is 2.19. The monoisotopic (exact) mass is 177 g/mol. The third kappa shape index (κ3) is 1.48. The number of fused-ring (bicyclic) bond motifs is 1. The molecular formula is C11H15NO. The fourth-order valence-electron chi connectivity index (χ4n) is 2.00. The molecule has 0 aliphatic carbocycles. The normalized spacial score (nSPS) is 21.5. The molecule has 2 N–H and O–H groups in total. The molecule has 0 aromatic heterocycles. The van der Waals surface area contributed by atoms with Gasteiger partial charge >= 0.3 is 0 Å². The average molecular weight is 177 g/mol. The van der Waals surface area contributed by atoms with Gasteiger partial charge in [-0.25, -0.2) is 0 Å². The standard InChI is InChI=1S/C11H15NO/c1-8-4-3-7-12-9-5-2-6-10(13)11(8)9/h2,5-6,8,12-13H,3-4,7H2,1H3. The summed E-state index contributed by atoms with van der Waals surface area (Å²) in [4.78, 5) is 0. The fraction of sp³-hybridized carbons (Fsp3) is 0.455. The number of anilines is 1. The van der Waals surface area contributed by atoms with Crippen LogP contribution in [0.4, 0.5) is 5.69 Å². The summed E-state index contributed by atoms with van der Waals surface area (Å²) < 4.78 is 0. The van der Waals surface area contributed by atoms with Crippen molar-refractivity contribution in [1.82, 2.24) is 0 Å². The highest BCUT2D eigenvalue weighted by Gasteiger charge is 2.17. The molecule has 0 bridgehead atoms. The van der Waals surface area contributed by atoms with E-state index in [0.29, 0.717) is 11.7 Å². The van der Waals surface area contributed by atoms with Crippen LogP contribution >= 0.6 is 0 Å². The highest BCUT2D eigenvalue weighted by molar-refractivity contribution is 5.59. The maximum absolute atomic E-state index is 9.71. The van der Waals surface area contributed by atoms with E-state index in [1.54, 1.807) is 6.07 Å². The molecule has 2 nitrogen and oxygen atoms in total. The van der Waals surface area contributed by atoms with E-state index < -0.39 is 0 Å². The molecule has 0 spiro atoms. The molecule has 1 unspecified atom stereocenters. The molecule has 1 atom stereocenters. The van der Waals surface area contributed by atoms with Gasteiger partial charge in [-0.3, -0.25) is 0 Å². The molecule has 1 aliphatic rings. The summed E-state index contributed by atoms with van der Waals surface area (Å²) in [5.74, 6) is 0.894. The number of aromatic hydroxyl groups is 1. The second kappa shape index (κ2) is 3.29. The van der Waals surface area contributed by atoms with Gasteiger partial charge in [0.25, 0.3) is 0 Å². The summed E-state index contributed by atoms with van der Waals surface area (Å²) in [5, 5.41) is 13.0. The largest absolute Gasteiger partial charge is 0.508 e. The molecule has 0 fully saturated rings. The van der Waals surface area contributed by atoms with Gasteiger partial charge in [0.2, 0.25) is 0 Å². The number of hydrogen-bond acceptors (Lipinski definition) is 2. The Hall–Kier alpha value is -1.18. The Balaban J connectivity index is 2.48. The third-order valence-corrected chi connectivity index (χ3v) is 2.71. The average Bonchev–Trinajstić information content (AvgIpc) is 2.29. The van der Waals surface area contributed by atoms with E-state index in [2.05, 4.69) is 12.2 Å². The van der Waals surface area contributed by atoms with Gasteiger partial charge in [0.1, 0.15) is 5.75 Å². The zero-order chi connectivity index (χ0) is 9.26. The van der Waals surface area contributed by atoms with Crippen LogP contribution < -0.4 is 5.32 Å². The quantitative estimate of drug-likeness (QED) is 0.638. The van der Waals surface area contributed by atoms with E-state index in [0.717, 1.165) is 24.2 Å². The van der Waals surface area contributed by atoms with Crippen molar-refractivity contribution in [2.45, 2.75) is 25.7 Å². The zero-order valence-electron chi connectivity index (χ0n) is 7.88. The lowest BCUT2D eigenvalue weighted by Gasteiger charge is -2.13. The van der Waals surface area contributed by atoms with Gasteiger partial charge in [0, 0.05) is 17.8 Å². The lowest BCUT2D eigenvalue weighted by molar-refractivity contribution is 0.462. The van der Waals surface area contributed by atoms with Gasteiger partial charge in [-0.2, -0.15) is 0 Å². The Morgan fingerprint density at radius 2 is 2.31 bits per heavy atom. The summed E-state index contributed by atoms with van der Waals surface area (Å²) in [6.45, 7) is 3.19. The molecule has 0 saturated carbocycles. The molecule has 1 heterocycles. The van der Waals surface area contributed by atoms with Crippen LogP contribution in [0.1, 0.15) is 31.2 Å². The molecular weight excluding hydrogens is 162 g/mol. The lowest BCUT2D eigenvalue weighted by atomic mass is 9.95. The first kappa shape index (κ1) is 8.42. The van der Waals surface area contributed by atoms with Crippen molar-refractivity contribution < 1.29 is 5.11 Å². The SMILES string of the molecule is CC1CCCNc2cccc(O)c21. The molecule has 1 aromatic carbocycles. The van der Waals surface area contributed by atoms with Crippen molar-refractivity contribution in [2.75, 3.05) is 11.9 Å². The van der Waals surface area contributed by atoms with Gasteiger partial charge in [-0.15, -0.1) is 0 Å².